The molecule has 4 atom stereocenters. The summed E-state index contributed by atoms with van der Waals surface area (Å²) in [4.78, 5) is -2.62. The Morgan fingerprint density at radius 1 is 0.783 bits per heavy atom. The highest BCUT2D eigenvalue weighted by Crippen LogP contribution is 2.74. The zero-order valence-electron chi connectivity index (χ0n) is 13.1. The fourth-order valence-corrected chi connectivity index (χ4v) is 5.76. The summed E-state index contributed by atoms with van der Waals surface area (Å²) in [6.45, 7) is 0. The van der Waals surface area contributed by atoms with E-state index in [-0.39, 0.29) is 10.1 Å². The largest absolute Gasteiger partial charge is 0.505 e. The average molecular weight is 404 g/mol. The first-order valence-electron chi connectivity index (χ1n) is 6.76. The number of rotatable bonds is 6. The van der Waals surface area contributed by atoms with Crippen molar-refractivity contribution in [3.63, 3.8) is 0 Å². The van der Waals surface area contributed by atoms with Crippen molar-refractivity contribution in [2.45, 2.75) is 15.5 Å². The van der Waals surface area contributed by atoms with Crippen LogP contribution in [0.4, 0.5) is 0 Å². The molecule has 0 N–H and O–H groups in total. The van der Waals surface area contributed by atoms with E-state index < -0.39 is 27.4 Å². The second-order valence-electron chi connectivity index (χ2n) is 5.26. The smallest absolute Gasteiger partial charge is 0.218 e. The number of ether oxygens (including phenoxy) is 4. The lowest BCUT2D eigenvalue weighted by atomic mass is 9.82. The molecule has 0 radical (unpaired) electrons. The molecular weight excluding hydrogens is 386 g/mol. The number of halogens is 4. The van der Waals surface area contributed by atoms with Gasteiger partial charge >= 0.3 is 0 Å². The third-order valence-corrected chi connectivity index (χ3v) is 7.16. The number of methoxy groups -OCH3 is 4. The fourth-order valence-electron chi connectivity index (χ4n) is 3.61. The summed E-state index contributed by atoms with van der Waals surface area (Å²) in [7, 11) is 5.98. The third kappa shape index (κ3) is 2.12. The normalized spacial score (nSPS) is 39.0. The minimum Gasteiger partial charge on any atom is -0.505 e. The van der Waals surface area contributed by atoms with Gasteiger partial charge in [0.15, 0.2) is 0 Å². The van der Waals surface area contributed by atoms with Gasteiger partial charge < -0.3 is 18.9 Å². The van der Waals surface area contributed by atoms with Crippen molar-refractivity contribution in [2.75, 3.05) is 28.4 Å². The van der Waals surface area contributed by atoms with Gasteiger partial charge in [-0.3, -0.25) is 0 Å². The Morgan fingerprint density at radius 3 is 1.39 bits per heavy atom. The van der Waals surface area contributed by atoms with Crippen molar-refractivity contribution < 1.29 is 18.9 Å². The highest BCUT2D eigenvalue weighted by molar-refractivity contribution is 6.52. The van der Waals surface area contributed by atoms with E-state index in [2.05, 4.69) is 0 Å². The molecule has 23 heavy (non-hydrogen) atoms. The van der Waals surface area contributed by atoms with Crippen LogP contribution in [0.5, 0.6) is 0 Å². The van der Waals surface area contributed by atoms with Crippen molar-refractivity contribution in [3.8, 4) is 0 Å². The molecule has 4 nitrogen and oxygen atoms in total. The highest BCUT2D eigenvalue weighted by atomic mass is 35.5. The number of hydrogen-bond donors (Lipinski definition) is 0. The predicted octanol–water partition coefficient (Wildman–Crippen LogP) is 4.20. The van der Waals surface area contributed by atoms with Crippen LogP contribution in [0.2, 0.25) is 0 Å². The Hall–Kier alpha value is -0.100. The van der Waals surface area contributed by atoms with Gasteiger partial charge in [0.05, 0.1) is 36.8 Å². The van der Waals surface area contributed by atoms with Crippen LogP contribution in [0.15, 0.2) is 34.7 Å². The summed E-state index contributed by atoms with van der Waals surface area (Å²) in [5.41, 5.74) is 0. The van der Waals surface area contributed by atoms with E-state index in [0.717, 1.165) is 0 Å². The maximum atomic E-state index is 6.94. The first kappa shape index (κ1) is 19.2. The van der Waals surface area contributed by atoms with Gasteiger partial charge in [-0.15, -0.1) is 23.2 Å². The van der Waals surface area contributed by atoms with E-state index in [1.54, 1.807) is 12.2 Å². The summed E-state index contributed by atoms with van der Waals surface area (Å²) >= 11 is 26.8. The van der Waals surface area contributed by atoms with Crippen LogP contribution >= 0.6 is 46.4 Å². The lowest BCUT2D eigenvalue weighted by molar-refractivity contribution is -0.219. The molecule has 0 heterocycles. The van der Waals surface area contributed by atoms with Crippen LogP contribution in [0.25, 0.3) is 0 Å². The molecule has 2 bridgehead atoms. The summed E-state index contributed by atoms with van der Waals surface area (Å²) in [6, 6.07) is 0. The lowest BCUT2D eigenvalue weighted by Gasteiger charge is -2.41. The maximum Gasteiger partial charge on any atom is 0.218 e. The summed E-state index contributed by atoms with van der Waals surface area (Å²) in [6.07, 6.45) is 6.55. The second-order valence-corrected chi connectivity index (χ2v) is 7.20. The summed E-state index contributed by atoms with van der Waals surface area (Å²) < 4.78 is 21.4. The van der Waals surface area contributed by atoms with Gasteiger partial charge in [0.25, 0.3) is 0 Å². The van der Waals surface area contributed by atoms with Crippen molar-refractivity contribution in [1.82, 2.24) is 0 Å². The van der Waals surface area contributed by atoms with Gasteiger partial charge in [0.2, 0.25) is 5.79 Å². The van der Waals surface area contributed by atoms with E-state index in [9.17, 15) is 0 Å². The van der Waals surface area contributed by atoms with Crippen LogP contribution in [0, 0.1) is 11.8 Å². The van der Waals surface area contributed by atoms with Gasteiger partial charge in [0, 0.05) is 26.1 Å². The van der Waals surface area contributed by atoms with Gasteiger partial charge in [-0.1, -0.05) is 23.2 Å². The van der Waals surface area contributed by atoms with Gasteiger partial charge in [0.1, 0.15) is 9.75 Å². The van der Waals surface area contributed by atoms with E-state index in [0.29, 0.717) is 0 Å². The SMILES string of the molecule is CO/C=C/[C@@H]1[C@@H](/C=C/OC)[C@@]2(Cl)C(Cl)=C(Cl)[C@]1(Cl)C2(OC)OC. The molecule has 130 valence electrons. The molecule has 2 aliphatic rings. The number of hydrogen-bond acceptors (Lipinski definition) is 4. The van der Waals surface area contributed by atoms with Gasteiger partial charge in [-0.05, 0) is 12.2 Å². The highest BCUT2D eigenvalue weighted by Gasteiger charge is 2.83. The molecule has 0 aromatic carbocycles. The monoisotopic (exact) mass is 402 g/mol. The Kier molecular flexibility index (Phi) is 5.57. The molecule has 2 rings (SSSR count). The number of alkyl halides is 2. The molecule has 8 heteroatoms. The van der Waals surface area contributed by atoms with Crippen LogP contribution in [-0.2, 0) is 18.9 Å². The lowest BCUT2D eigenvalue weighted by Crippen LogP contribution is -2.57. The first-order valence-corrected chi connectivity index (χ1v) is 8.27. The summed E-state index contributed by atoms with van der Waals surface area (Å²) in [5, 5.41) is 0.403. The molecule has 1 fully saturated rings. The molecule has 0 unspecified atom stereocenters. The van der Waals surface area contributed by atoms with Crippen molar-refractivity contribution in [2.24, 2.45) is 11.8 Å². The van der Waals surface area contributed by atoms with Gasteiger partial charge in [-0.2, -0.15) is 0 Å². The average Bonchev–Trinajstić information content (AvgIpc) is 2.79. The van der Waals surface area contributed by atoms with Crippen LogP contribution in [0.3, 0.4) is 0 Å². The molecule has 2 aliphatic carbocycles. The Morgan fingerprint density at radius 2 is 1.13 bits per heavy atom. The van der Waals surface area contributed by atoms with E-state index in [4.69, 9.17) is 65.4 Å². The second kappa shape index (κ2) is 6.66. The molecule has 0 spiro atoms. The Balaban J connectivity index is 2.75. The molecule has 0 saturated heterocycles. The fraction of sp³-hybridized carbons (Fsp3) is 0.600. The molecule has 0 aliphatic heterocycles. The molecule has 1 saturated carbocycles. The van der Waals surface area contributed by atoms with Crippen molar-refractivity contribution in [3.05, 3.63) is 34.7 Å². The molecule has 0 aromatic rings. The van der Waals surface area contributed by atoms with Gasteiger partial charge in [-0.25, -0.2) is 0 Å². The molecule has 0 aromatic heterocycles. The first-order chi connectivity index (χ1) is 10.8. The minimum absolute atomic E-state index is 0.201. The third-order valence-electron chi connectivity index (χ3n) is 4.51. The maximum absolute atomic E-state index is 6.94. The zero-order chi connectivity index (χ0) is 17.5. The van der Waals surface area contributed by atoms with E-state index >= 15 is 0 Å². The molecule has 0 amide bonds. The molecular formula is C15H18Cl4O4. The topological polar surface area (TPSA) is 36.9 Å². The zero-order valence-corrected chi connectivity index (χ0v) is 16.1. The number of fused-ring (bicyclic) bond motifs is 2. The number of allylic oxidation sites excluding steroid dienone is 2. The van der Waals surface area contributed by atoms with Crippen LogP contribution in [-0.4, -0.2) is 44.0 Å². The van der Waals surface area contributed by atoms with Crippen molar-refractivity contribution >= 4 is 46.4 Å². The minimum atomic E-state index is -1.46. The summed E-state index contributed by atoms with van der Waals surface area (Å²) in [5.74, 6) is -2.26. The Bertz CT molecular complexity index is 514. The van der Waals surface area contributed by atoms with Crippen LogP contribution < -0.4 is 0 Å². The Labute approximate surface area is 155 Å². The van der Waals surface area contributed by atoms with E-state index in [1.807, 2.05) is 0 Å². The standard InChI is InChI=1S/C15H18Cl4O4/c1-20-7-5-9-10(6-8-21-2)14(19)12(17)11(16)13(9,18)15(14,22-3)23-4/h5-10H,1-4H3/b7-5+,8-6+/t9-,10-,13-,14+/m1/s1. The quantitative estimate of drug-likeness (QED) is 0.378. The van der Waals surface area contributed by atoms with Crippen LogP contribution in [0.1, 0.15) is 0 Å². The predicted molar refractivity (Wildman–Crippen MR) is 91.9 cm³/mol. The van der Waals surface area contributed by atoms with Crippen molar-refractivity contribution in [1.29, 1.82) is 0 Å². The van der Waals surface area contributed by atoms with E-state index in [1.165, 1.54) is 41.0 Å².